The molecule has 0 radical (unpaired) electrons. The minimum absolute atomic E-state index is 0.00816. The van der Waals surface area contributed by atoms with E-state index in [1.54, 1.807) is 12.1 Å². The Balaban J connectivity index is 1.69. The molecule has 1 aromatic heterocycles. The number of methoxy groups -OCH3 is 2. The van der Waals surface area contributed by atoms with Crippen LogP contribution in [0, 0.1) is 5.82 Å². The number of nitrogens with one attached hydrogen (secondary N) is 2. The van der Waals surface area contributed by atoms with Gasteiger partial charge in [-0.3, -0.25) is 4.79 Å². The molecule has 0 saturated carbocycles. The maximum Gasteiger partial charge on any atom is 0.266 e. The first kappa shape index (κ1) is 23.1. The van der Waals surface area contributed by atoms with Gasteiger partial charge in [-0.05, 0) is 29.8 Å². The van der Waals surface area contributed by atoms with E-state index in [1.807, 2.05) is 6.07 Å². The second kappa shape index (κ2) is 10.1. The fourth-order valence-corrected chi connectivity index (χ4v) is 4.04. The van der Waals surface area contributed by atoms with Crippen LogP contribution in [-0.4, -0.2) is 45.2 Å². The van der Waals surface area contributed by atoms with Gasteiger partial charge in [-0.1, -0.05) is 18.2 Å². The first-order chi connectivity index (χ1) is 15.3. The number of halogens is 1. The van der Waals surface area contributed by atoms with Gasteiger partial charge in [-0.25, -0.2) is 17.9 Å². The van der Waals surface area contributed by atoms with Crippen LogP contribution in [0.5, 0.6) is 17.4 Å². The molecule has 0 atom stereocenters. The van der Waals surface area contributed by atoms with Crippen LogP contribution < -0.4 is 25.1 Å². The average molecular weight is 463 g/mol. The minimum atomic E-state index is -3.90. The van der Waals surface area contributed by atoms with E-state index in [1.165, 1.54) is 38.5 Å². The Hall–Kier alpha value is -3.60. The SMILES string of the molecule is COc1ccc(CNc2cc(=O)[nH]nc2OCCS(=O)(=O)c2ccccc2F)cc1OC. The zero-order chi connectivity index (χ0) is 23.1. The summed E-state index contributed by atoms with van der Waals surface area (Å²) in [5.74, 6) is -0.162. The van der Waals surface area contributed by atoms with Crippen molar-refractivity contribution in [1.29, 1.82) is 0 Å². The van der Waals surface area contributed by atoms with Crippen molar-refractivity contribution >= 4 is 15.5 Å². The predicted octanol–water partition coefficient (Wildman–Crippen LogP) is 2.39. The molecule has 0 unspecified atom stereocenters. The molecule has 3 aromatic rings. The number of ether oxygens (including phenoxy) is 3. The monoisotopic (exact) mass is 463 g/mol. The second-order valence-electron chi connectivity index (χ2n) is 6.59. The van der Waals surface area contributed by atoms with Gasteiger partial charge in [0.15, 0.2) is 21.3 Å². The van der Waals surface area contributed by atoms with Crippen molar-refractivity contribution in [2.24, 2.45) is 0 Å². The summed E-state index contributed by atoms with van der Waals surface area (Å²) in [5, 5.41) is 9.10. The number of hydrogen-bond donors (Lipinski definition) is 2. The van der Waals surface area contributed by atoms with Crippen molar-refractivity contribution in [3.63, 3.8) is 0 Å². The van der Waals surface area contributed by atoms with Crippen molar-refractivity contribution in [2.75, 3.05) is 31.9 Å². The van der Waals surface area contributed by atoms with Crippen LogP contribution in [0.25, 0.3) is 0 Å². The Morgan fingerprint density at radius 3 is 2.53 bits per heavy atom. The molecule has 32 heavy (non-hydrogen) atoms. The highest BCUT2D eigenvalue weighted by atomic mass is 32.2. The van der Waals surface area contributed by atoms with E-state index in [2.05, 4.69) is 15.5 Å². The third kappa shape index (κ3) is 5.55. The number of nitrogens with zero attached hydrogens (tertiary/aromatic N) is 1. The van der Waals surface area contributed by atoms with E-state index < -0.39 is 31.9 Å². The van der Waals surface area contributed by atoms with Crippen molar-refractivity contribution in [1.82, 2.24) is 10.2 Å². The Morgan fingerprint density at radius 2 is 1.81 bits per heavy atom. The Kier molecular flexibility index (Phi) is 7.31. The van der Waals surface area contributed by atoms with Crippen molar-refractivity contribution in [3.8, 4) is 17.4 Å². The molecule has 9 nitrogen and oxygen atoms in total. The molecule has 0 amide bonds. The second-order valence-corrected chi connectivity index (χ2v) is 8.67. The van der Waals surface area contributed by atoms with E-state index in [4.69, 9.17) is 14.2 Å². The van der Waals surface area contributed by atoms with Crippen molar-refractivity contribution in [3.05, 3.63) is 70.3 Å². The fourth-order valence-electron chi connectivity index (χ4n) is 2.87. The molecule has 0 spiro atoms. The summed E-state index contributed by atoms with van der Waals surface area (Å²) in [6, 6.07) is 11.7. The highest BCUT2D eigenvalue weighted by Crippen LogP contribution is 2.28. The van der Waals surface area contributed by atoms with Crippen molar-refractivity contribution in [2.45, 2.75) is 11.4 Å². The van der Waals surface area contributed by atoms with Gasteiger partial charge in [0.1, 0.15) is 23.0 Å². The number of sulfone groups is 1. The van der Waals surface area contributed by atoms with Crippen LogP contribution in [0.4, 0.5) is 10.1 Å². The third-order valence-corrected chi connectivity index (χ3v) is 6.17. The molecule has 0 aliphatic heterocycles. The molecule has 1 heterocycles. The molecule has 2 aromatic carbocycles. The van der Waals surface area contributed by atoms with Gasteiger partial charge in [0.05, 0.1) is 20.0 Å². The van der Waals surface area contributed by atoms with Crippen LogP contribution in [-0.2, 0) is 16.4 Å². The molecular weight excluding hydrogens is 441 g/mol. The van der Waals surface area contributed by atoms with Crippen molar-refractivity contribution < 1.29 is 27.0 Å². The zero-order valence-corrected chi connectivity index (χ0v) is 18.2. The van der Waals surface area contributed by atoms with Gasteiger partial charge in [0.2, 0.25) is 0 Å². The smallest absolute Gasteiger partial charge is 0.266 e. The molecule has 0 bridgehead atoms. The first-order valence-corrected chi connectivity index (χ1v) is 11.1. The highest BCUT2D eigenvalue weighted by molar-refractivity contribution is 7.91. The maximum absolute atomic E-state index is 13.8. The quantitative estimate of drug-likeness (QED) is 0.470. The van der Waals surface area contributed by atoms with E-state index >= 15 is 0 Å². The molecule has 2 N–H and O–H groups in total. The number of aromatic nitrogens is 2. The van der Waals surface area contributed by atoms with Crippen LogP contribution in [0.1, 0.15) is 5.56 Å². The molecule has 0 fully saturated rings. The molecular formula is C21H22FN3O6S. The summed E-state index contributed by atoms with van der Waals surface area (Å²) in [6.07, 6.45) is 0. The lowest BCUT2D eigenvalue weighted by molar-refractivity contribution is 0.324. The number of H-pyrrole nitrogens is 1. The normalized spacial score (nSPS) is 11.1. The Labute approximate surface area is 184 Å². The molecule has 3 rings (SSSR count). The standard InChI is InChI=1S/C21H22FN3O6S/c1-29-17-8-7-14(11-18(17)30-2)13-23-16-12-20(26)24-25-21(16)31-9-10-32(27,28)19-6-4-3-5-15(19)22/h3-8,11-12H,9-10,13H2,1-2H3,(H2,23,24,26). The molecule has 11 heteroatoms. The molecule has 170 valence electrons. The average Bonchev–Trinajstić information content (AvgIpc) is 2.78. The lowest BCUT2D eigenvalue weighted by Gasteiger charge is -2.13. The first-order valence-electron chi connectivity index (χ1n) is 9.48. The maximum atomic E-state index is 13.8. The summed E-state index contributed by atoms with van der Waals surface area (Å²) < 4.78 is 54.5. The summed E-state index contributed by atoms with van der Waals surface area (Å²) in [4.78, 5) is 11.3. The molecule has 0 saturated heterocycles. The van der Waals surface area contributed by atoms with Crippen LogP contribution >= 0.6 is 0 Å². The summed E-state index contributed by atoms with van der Waals surface area (Å²) >= 11 is 0. The predicted molar refractivity (Wildman–Crippen MR) is 116 cm³/mol. The Morgan fingerprint density at radius 1 is 1.06 bits per heavy atom. The summed E-state index contributed by atoms with van der Waals surface area (Å²) in [7, 11) is -0.837. The number of benzene rings is 2. The summed E-state index contributed by atoms with van der Waals surface area (Å²) in [6.45, 7) is 0.0100. The summed E-state index contributed by atoms with van der Waals surface area (Å²) in [5.41, 5.74) is 0.633. The van der Waals surface area contributed by atoms with Gasteiger partial charge in [-0.15, -0.1) is 5.10 Å². The van der Waals surface area contributed by atoms with E-state index in [9.17, 15) is 17.6 Å². The lowest BCUT2D eigenvalue weighted by atomic mass is 10.2. The minimum Gasteiger partial charge on any atom is -0.493 e. The molecule has 0 aliphatic carbocycles. The number of hydrogen-bond acceptors (Lipinski definition) is 8. The number of anilines is 1. The molecule has 0 aliphatic rings. The van der Waals surface area contributed by atoms with E-state index in [0.29, 0.717) is 18.0 Å². The van der Waals surface area contributed by atoms with Gasteiger partial charge < -0.3 is 19.5 Å². The van der Waals surface area contributed by atoms with Crippen LogP contribution in [0.3, 0.4) is 0 Å². The number of rotatable bonds is 10. The van der Waals surface area contributed by atoms with E-state index in [0.717, 1.165) is 11.6 Å². The third-order valence-electron chi connectivity index (χ3n) is 4.47. The van der Waals surface area contributed by atoms with E-state index in [-0.39, 0.29) is 18.2 Å². The zero-order valence-electron chi connectivity index (χ0n) is 17.4. The largest absolute Gasteiger partial charge is 0.493 e. The van der Waals surface area contributed by atoms with Gasteiger partial charge in [0, 0.05) is 12.6 Å². The lowest BCUT2D eigenvalue weighted by Crippen LogP contribution is -2.18. The topological polar surface area (TPSA) is 120 Å². The van der Waals surface area contributed by atoms with Crippen LogP contribution in [0.15, 0.2) is 58.2 Å². The van der Waals surface area contributed by atoms with Gasteiger partial charge in [-0.2, -0.15) is 0 Å². The van der Waals surface area contributed by atoms with Gasteiger partial charge in [0.25, 0.3) is 11.4 Å². The highest BCUT2D eigenvalue weighted by Gasteiger charge is 2.19. The van der Waals surface area contributed by atoms with Crippen LogP contribution in [0.2, 0.25) is 0 Å². The van der Waals surface area contributed by atoms with Gasteiger partial charge >= 0.3 is 0 Å². The number of aromatic amines is 1. The fraction of sp³-hybridized carbons (Fsp3) is 0.238. The Bertz CT molecular complexity index is 1250.